The Morgan fingerprint density at radius 2 is 1.88 bits per heavy atom. The number of nitrogens with zero attached hydrogens (tertiary/aromatic N) is 4. The van der Waals surface area contributed by atoms with Gasteiger partial charge in [0.2, 0.25) is 0 Å². The van der Waals surface area contributed by atoms with E-state index in [0.29, 0.717) is 33.0 Å². The Labute approximate surface area is 155 Å². The molecule has 0 aliphatic rings. The molecule has 2 aromatic carbocycles. The fraction of sp³-hybridized carbons (Fsp3) is 0.167. The molecule has 0 bridgehead atoms. The zero-order chi connectivity index (χ0) is 18.0. The first-order valence-corrected chi connectivity index (χ1v) is 8.27. The van der Waals surface area contributed by atoms with Crippen LogP contribution < -0.4 is 4.74 Å². The Balaban J connectivity index is 1.88. The molecule has 1 aromatic heterocycles. The first-order valence-electron chi connectivity index (χ1n) is 7.51. The van der Waals surface area contributed by atoms with Crippen LogP contribution in [0.15, 0.2) is 42.5 Å². The lowest BCUT2D eigenvalue weighted by Crippen LogP contribution is -2.10. The standard InChI is InChI=1S/C18H14Cl2N4O/c1-11(25-16-8-7-12(10-21)9-15(16)20)17-22-23-18(24(17)2)13-5-3-4-6-14(13)19/h3-9,11H,1-2H3/t11-/m0/s1. The molecule has 0 aliphatic carbocycles. The van der Waals surface area contributed by atoms with E-state index in [2.05, 4.69) is 10.2 Å². The van der Waals surface area contributed by atoms with Crippen molar-refractivity contribution in [1.82, 2.24) is 14.8 Å². The van der Waals surface area contributed by atoms with E-state index in [1.165, 1.54) is 0 Å². The topological polar surface area (TPSA) is 63.7 Å². The smallest absolute Gasteiger partial charge is 0.173 e. The summed E-state index contributed by atoms with van der Waals surface area (Å²) in [5, 5.41) is 18.3. The van der Waals surface area contributed by atoms with Gasteiger partial charge in [0, 0.05) is 12.6 Å². The lowest BCUT2D eigenvalue weighted by Gasteiger charge is -2.15. The molecule has 5 nitrogen and oxygen atoms in total. The minimum atomic E-state index is -0.390. The van der Waals surface area contributed by atoms with Crippen molar-refractivity contribution in [3.63, 3.8) is 0 Å². The molecule has 0 unspecified atom stereocenters. The molecule has 126 valence electrons. The first kappa shape index (κ1) is 17.3. The zero-order valence-electron chi connectivity index (χ0n) is 13.6. The van der Waals surface area contributed by atoms with Crippen molar-refractivity contribution in [3.8, 4) is 23.2 Å². The second-order valence-corrected chi connectivity index (χ2v) is 6.25. The van der Waals surface area contributed by atoms with Crippen molar-refractivity contribution >= 4 is 23.2 Å². The van der Waals surface area contributed by atoms with Gasteiger partial charge in [-0.3, -0.25) is 0 Å². The third-order valence-electron chi connectivity index (χ3n) is 3.75. The molecule has 0 spiro atoms. The van der Waals surface area contributed by atoms with Gasteiger partial charge in [-0.2, -0.15) is 5.26 Å². The van der Waals surface area contributed by atoms with Gasteiger partial charge >= 0.3 is 0 Å². The third-order valence-corrected chi connectivity index (χ3v) is 4.38. The summed E-state index contributed by atoms with van der Waals surface area (Å²) in [5.74, 6) is 1.77. The minimum absolute atomic E-state index is 0.374. The summed E-state index contributed by atoms with van der Waals surface area (Å²) in [6.45, 7) is 1.86. The van der Waals surface area contributed by atoms with Crippen molar-refractivity contribution in [2.24, 2.45) is 7.05 Å². The highest BCUT2D eigenvalue weighted by molar-refractivity contribution is 6.33. The number of rotatable bonds is 4. The molecule has 0 radical (unpaired) electrons. The molecule has 0 amide bonds. The number of benzene rings is 2. The Morgan fingerprint density at radius 3 is 2.56 bits per heavy atom. The van der Waals surface area contributed by atoms with E-state index < -0.39 is 0 Å². The van der Waals surface area contributed by atoms with Crippen LogP contribution in [-0.2, 0) is 7.05 Å². The van der Waals surface area contributed by atoms with Gasteiger partial charge in [-0.15, -0.1) is 10.2 Å². The van der Waals surface area contributed by atoms with Crippen molar-refractivity contribution < 1.29 is 4.74 Å². The number of hydrogen-bond acceptors (Lipinski definition) is 4. The van der Waals surface area contributed by atoms with Crippen LogP contribution in [0.2, 0.25) is 10.0 Å². The van der Waals surface area contributed by atoms with E-state index in [-0.39, 0.29) is 6.10 Å². The van der Waals surface area contributed by atoms with E-state index in [1.807, 2.05) is 48.9 Å². The van der Waals surface area contributed by atoms with Crippen LogP contribution in [0, 0.1) is 11.3 Å². The maximum atomic E-state index is 8.90. The summed E-state index contributed by atoms with van der Waals surface area (Å²) < 4.78 is 7.73. The van der Waals surface area contributed by atoms with Crippen LogP contribution in [0.25, 0.3) is 11.4 Å². The number of ether oxygens (including phenoxy) is 1. The molecule has 0 saturated carbocycles. The Bertz CT molecular complexity index is 962. The predicted octanol–water partition coefficient (Wildman–Crippen LogP) is 4.80. The van der Waals surface area contributed by atoms with Crippen LogP contribution in [-0.4, -0.2) is 14.8 Å². The van der Waals surface area contributed by atoms with Crippen molar-refractivity contribution in [2.75, 3.05) is 0 Å². The van der Waals surface area contributed by atoms with Crippen molar-refractivity contribution in [1.29, 1.82) is 5.26 Å². The average molecular weight is 373 g/mol. The molecule has 1 heterocycles. The van der Waals surface area contributed by atoms with E-state index in [4.69, 9.17) is 33.2 Å². The minimum Gasteiger partial charge on any atom is -0.481 e. The van der Waals surface area contributed by atoms with E-state index in [1.54, 1.807) is 18.2 Å². The van der Waals surface area contributed by atoms with Gasteiger partial charge in [-0.05, 0) is 37.3 Å². The molecule has 0 aliphatic heterocycles. The zero-order valence-corrected chi connectivity index (χ0v) is 15.1. The van der Waals surface area contributed by atoms with E-state index in [0.717, 1.165) is 5.56 Å². The van der Waals surface area contributed by atoms with Gasteiger partial charge in [0.15, 0.2) is 17.8 Å². The van der Waals surface area contributed by atoms with Gasteiger partial charge in [0.05, 0.1) is 21.7 Å². The van der Waals surface area contributed by atoms with Gasteiger partial charge in [-0.1, -0.05) is 35.3 Å². The van der Waals surface area contributed by atoms with Gasteiger partial charge in [0.25, 0.3) is 0 Å². The highest BCUT2D eigenvalue weighted by atomic mass is 35.5. The van der Waals surface area contributed by atoms with E-state index in [9.17, 15) is 0 Å². The summed E-state index contributed by atoms with van der Waals surface area (Å²) in [6, 6.07) is 14.4. The highest BCUT2D eigenvalue weighted by Gasteiger charge is 2.20. The van der Waals surface area contributed by atoms with Crippen LogP contribution in [0.1, 0.15) is 24.4 Å². The van der Waals surface area contributed by atoms with Gasteiger partial charge in [0.1, 0.15) is 5.75 Å². The maximum Gasteiger partial charge on any atom is 0.173 e. The highest BCUT2D eigenvalue weighted by Crippen LogP contribution is 2.31. The third kappa shape index (κ3) is 3.46. The summed E-state index contributed by atoms with van der Waals surface area (Å²) in [7, 11) is 1.86. The summed E-state index contributed by atoms with van der Waals surface area (Å²) in [6.07, 6.45) is -0.390. The summed E-state index contributed by atoms with van der Waals surface area (Å²) in [5.41, 5.74) is 1.28. The molecule has 0 N–H and O–H groups in total. The molecule has 3 rings (SSSR count). The van der Waals surface area contributed by atoms with Gasteiger partial charge in [-0.25, -0.2) is 0 Å². The maximum absolute atomic E-state index is 8.90. The Hall–Kier alpha value is -2.55. The number of aromatic nitrogens is 3. The Kier molecular flexibility index (Phi) is 4.93. The van der Waals surface area contributed by atoms with Crippen LogP contribution >= 0.6 is 23.2 Å². The van der Waals surface area contributed by atoms with Gasteiger partial charge < -0.3 is 9.30 Å². The molecule has 0 saturated heterocycles. The quantitative estimate of drug-likeness (QED) is 0.659. The Morgan fingerprint density at radius 1 is 1.12 bits per heavy atom. The summed E-state index contributed by atoms with van der Waals surface area (Å²) >= 11 is 12.4. The molecular formula is C18H14Cl2N4O. The number of halogens is 2. The SMILES string of the molecule is C[C@H](Oc1ccc(C#N)cc1Cl)c1nnc(-c2ccccc2Cl)n1C. The fourth-order valence-corrected chi connectivity index (χ4v) is 2.93. The monoisotopic (exact) mass is 372 g/mol. The molecule has 1 atom stereocenters. The molecule has 25 heavy (non-hydrogen) atoms. The predicted molar refractivity (Wildman–Crippen MR) is 96.7 cm³/mol. The van der Waals surface area contributed by atoms with Crippen LogP contribution in [0.4, 0.5) is 0 Å². The second-order valence-electron chi connectivity index (χ2n) is 5.44. The van der Waals surface area contributed by atoms with Crippen LogP contribution in [0.3, 0.4) is 0 Å². The largest absolute Gasteiger partial charge is 0.481 e. The molecular weight excluding hydrogens is 359 g/mol. The van der Waals surface area contributed by atoms with Crippen molar-refractivity contribution in [3.05, 3.63) is 63.9 Å². The average Bonchev–Trinajstić information content (AvgIpc) is 2.98. The number of nitriles is 1. The van der Waals surface area contributed by atoms with E-state index >= 15 is 0 Å². The fourth-order valence-electron chi connectivity index (χ4n) is 2.48. The molecule has 3 aromatic rings. The normalized spacial score (nSPS) is 11.8. The first-order chi connectivity index (χ1) is 12.0. The molecule has 7 heteroatoms. The lowest BCUT2D eigenvalue weighted by atomic mass is 10.2. The summed E-state index contributed by atoms with van der Waals surface area (Å²) in [4.78, 5) is 0. The van der Waals surface area contributed by atoms with Crippen LogP contribution in [0.5, 0.6) is 5.75 Å². The lowest BCUT2D eigenvalue weighted by molar-refractivity contribution is 0.212. The molecule has 0 fully saturated rings. The second kappa shape index (κ2) is 7.14. The number of hydrogen-bond donors (Lipinski definition) is 0. The van der Waals surface area contributed by atoms with Crippen molar-refractivity contribution in [2.45, 2.75) is 13.0 Å².